The average Bonchev–Trinajstić information content (AvgIpc) is 2.80. The molecule has 1 atom stereocenters. The number of sulfonamides is 1. The molecule has 0 saturated carbocycles. The Labute approximate surface area is 155 Å². The van der Waals surface area contributed by atoms with Crippen molar-refractivity contribution >= 4 is 15.9 Å². The second kappa shape index (κ2) is 7.17. The summed E-state index contributed by atoms with van der Waals surface area (Å²) >= 11 is 0. The third kappa shape index (κ3) is 3.45. The van der Waals surface area contributed by atoms with Crippen LogP contribution in [0.15, 0.2) is 23.1 Å². The molecule has 0 aromatic heterocycles. The van der Waals surface area contributed by atoms with Crippen LogP contribution in [0.4, 0.5) is 0 Å². The van der Waals surface area contributed by atoms with Gasteiger partial charge in [-0.1, -0.05) is 6.07 Å². The van der Waals surface area contributed by atoms with Gasteiger partial charge in [0, 0.05) is 38.1 Å². The van der Waals surface area contributed by atoms with Gasteiger partial charge in [0.05, 0.1) is 7.11 Å². The molecule has 7 nitrogen and oxygen atoms in total. The average molecular weight is 381 g/mol. The summed E-state index contributed by atoms with van der Waals surface area (Å²) < 4.78 is 33.5. The van der Waals surface area contributed by atoms with Gasteiger partial charge in [-0.3, -0.25) is 9.69 Å². The van der Waals surface area contributed by atoms with E-state index >= 15 is 0 Å². The topological polar surface area (TPSA) is 79.0 Å². The monoisotopic (exact) mass is 381 g/mol. The molecule has 2 aliphatic rings. The third-order valence-corrected chi connectivity index (χ3v) is 7.50. The first-order valence-corrected chi connectivity index (χ1v) is 10.4. The number of likely N-dealkylation sites (N-methyl/N-ethyl adjacent to an activating group) is 1. The van der Waals surface area contributed by atoms with E-state index in [9.17, 15) is 13.2 Å². The van der Waals surface area contributed by atoms with E-state index in [1.807, 2.05) is 20.0 Å². The molecule has 1 aromatic carbocycles. The van der Waals surface area contributed by atoms with Crippen molar-refractivity contribution in [3.05, 3.63) is 23.8 Å². The lowest BCUT2D eigenvalue weighted by atomic mass is 9.87. The first kappa shape index (κ1) is 19.1. The molecular weight excluding hydrogens is 354 g/mol. The molecule has 0 radical (unpaired) electrons. The van der Waals surface area contributed by atoms with Crippen LogP contribution in [0.3, 0.4) is 0 Å². The number of hydrogen-bond acceptors (Lipinski definition) is 5. The number of benzene rings is 1. The predicted octanol–water partition coefficient (Wildman–Crippen LogP) is 0.979. The second-order valence-electron chi connectivity index (χ2n) is 7.24. The Morgan fingerprint density at radius 2 is 2.00 bits per heavy atom. The molecule has 1 amide bonds. The molecule has 1 unspecified atom stereocenters. The number of amides is 1. The minimum Gasteiger partial charge on any atom is -0.495 e. The number of methoxy groups -OCH3 is 1. The Balaban J connectivity index is 1.94. The van der Waals surface area contributed by atoms with Gasteiger partial charge in [0.25, 0.3) is 0 Å². The van der Waals surface area contributed by atoms with Gasteiger partial charge in [-0.2, -0.15) is 4.31 Å². The molecule has 8 heteroatoms. The molecule has 2 heterocycles. The maximum Gasteiger partial charge on any atom is 0.246 e. The van der Waals surface area contributed by atoms with Crippen molar-refractivity contribution in [2.24, 2.45) is 0 Å². The van der Waals surface area contributed by atoms with Crippen molar-refractivity contribution in [2.45, 2.75) is 36.6 Å². The quantitative estimate of drug-likeness (QED) is 0.844. The van der Waals surface area contributed by atoms with E-state index in [1.54, 1.807) is 16.4 Å². The lowest BCUT2D eigenvalue weighted by Crippen LogP contribution is -2.62. The Hall–Kier alpha value is -1.64. The SMILES string of the molecule is COc1ccc(C)cc1S(=O)(=O)N1CCN(C)C2(CCNC(=O)CC2)C1. The van der Waals surface area contributed by atoms with Crippen molar-refractivity contribution in [3.63, 3.8) is 0 Å². The van der Waals surface area contributed by atoms with Crippen LogP contribution in [0, 0.1) is 6.92 Å². The lowest BCUT2D eigenvalue weighted by Gasteiger charge is -2.48. The number of rotatable bonds is 3. The van der Waals surface area contributed by atoms with Crippen LogP contribution in [0.1, 0.15) is 24.8 Å². The highest BCUT2D eigenvalue weighted by Gasteiger charge is 2.44. The fourth-order valence-corrected chi connectivity index (χ4v) is 5.64. The van der Waals surface area contributed by atoms with E-state index in [1.165, 1.54) is 7.11 Å². The zero-order valence-electron chi connectivity index (χ0n) is 15.6. The van der Waals surface area contributed by atoms with Gasteiger partial charge in [-0.25, -0.2) is 8.42 Å². The summed E-state index contributed by atoms with van der Waals surface area (Å²) in [7, 11) is -0.170. The van der Waals surface area contributed by atoms with Gasteiger partial charge in [0.15, 0.2) is 0 Å². The van der Waals surface area contributed by atoms with E-state index in [2.05, 4.69) is 10.2 Å². The normalized spacial score (nSPS) is 25.7. The number of ether oxygens (including phenoxy) is 1. The number of carbonyl (C=O) groups is 1. The van der Waals surface area contributed by atoms with Crippen LogP contribution in [0.2, 0.25) is 0 Å². The molecular formula is C18H27N3O4S. The second-order valence-corrected chi connectivity index (χ2v) is 9.15. The van der Waals surface area contributed by atoms with Gasteiger partial charge < -0.3 is 10.1 Å². The Morgan fingerprint density at radius 3 is 2.73 bits per heavy atom. The smallest absolute Gasteiger partial charge is 0.246 e. The molecule has 3 rings (SSSR count). The molecule has 0 bridgehead atoms. The zero-order chi connectivity index (χ0) is 18.9. The Bertz CT molecular complexity index is 796. The standard InChI is InChI=1S/C18H27N3O4S/c1-14-4-5-15(25-3)16(12-14)26(23,24)21-11-10-20(2)18(13-21)7-6-17(22)19-9-8-18/h4-5,12H,6-11,13H2,1-3H3,(H,19,22). The van der Waals surface area contributed by atoms with Crippen LogP contribution >= 0.6 is 0 Å². The number of nitrogens with one attached hydrogen (secondary N) is 1. The first-order chi connectivity index (χ1) is 12.3. The van der Waals surface area contributed by atoms with E-state index < -0.39 is 10.0 Å². The summed E-state index contributed by atoms with van der Waals surface area (Å²) in [5, 5.41) is 2.89. The molecule has 2 fully saturated rings. The highest BCUT2D eigenvalue weighted by atomic mass is 32.2. The molecule has 1 spiro atoms. The summed E-state index contributed by atoms with van der Waals surface area (Å²) in [6, 6.07) is 5.20. The summed E-state index contributed by atoms with van der Waals surface area (Å²) in [6.45, 7) is 3.90. The van der Waals surface area contributed by atoms with Gasteiger partial charge in [-0.15, -0.1) is 0 Å². The van der Waals surface area contributed by atoms with Gasteiger partial charge in [0.2, 0.25) is 15.9 Å². The number of hydrogen-bond donors (Lipinski definition) is 1. The fraction of sp³-hybridized carbons (Fsp3) is 0.611. The molecule has 1 N–H and O–H groups in total. The van der Waals surface area contributed by atoms with Crippen molar-refractivity contribution in [3.8, 4) is 5.75 Å². The van der Waals surface area contributed by atoms with Crippen LogP contribution in [-0.2, 0) is 14.8 Å². The van der Waals surface area contributed by atoms with Crippen molar-refractivity contribution < 1.29 is 17.9 Å². The molecule has 144 valence electrons. The van der Waals surface area contributed by atoms with Crippen molar-refractivity contribution in [1.29, 1.82) is 0 Å². The maximum atomic E-state index is 13.3. The van der Waals surface area contributed by atoms with Crippen molar-refractivity contribution in [2.75, 3.05) is 40.3 Å². The maximum absolute atomic E-state index is 13.3. The molecule has 0 aliphatic carbocycles. The minimum absolute atomic E-state index is 0.0376. The highest BCUT2D eigenvalue weighted by molar-refractivity contribution is 7.89. The molecule has 2 saturated heterocycles. The van der Waals surface area contributed by atoms with E-state index in [-0.39, 0.29) is 16.3 Å². The van der Waals surface area contributed by atoms with Gasteiger partial charge >= 0.3 is 0 Å². The highest BCUT2D eigenvalue weighted by Crippen LogP contribution is 2.35. The fourth-order valence-electron chi connectivity index (χ4n) is 3.89. The molecule has 2 aliphatic heterocycles. The number of aryl methyl sites for hydroxylation is 1. The number of nitrogens with zero attached hydrogens (tertiary/aromatic N) is 2. The first-order valence-electron chi connectivity index (χ1n) is 8.91. The third-order valence-electron chi connectivity index (χ3n) is 5.63. The minimum atomic E-state index is -3.68. The van der Waals surface area contributed by atoms with Crippen molar-refractivity contribution in [1.82, 2.24) is 14.5 Å². The predicted molar refractivity (Wildman–Crippen MR) is 98.7 cm³/mol. The van der Waals surface area contributed by atoms with E-state index in [0.717, 1.165) is 12.0 Å². The van der Waals surface area contributed by atoms with Crippen LogP contribution in [0.25, 0.3) is 0 Å². The Kier molecular flexibility index (Phi) is 5.28. The van der Waals surface area contributed by atoms with Crippen LogP contribution < -0.4 is 10.1 Å². The summed E-state index contributed by atoms with van der Waals surface area (Å²) in [5.41, 5.74) is 0.555. The Morgan fingerprint density at radius 1 is 1.23 bits per heavy atom. The summed E-state index contributed by atoms with van der Waals surface area (Å²) in [6.07, 6.45) is 1.82. The molecule has 26 heavy (non-hydrogen) atoms. The number of piperazine rings is 1. The summed E-state index contributed by atoms with van der Waals surface area (Å²) in [5.74, 6) is 0.400. The number of carbonyl (C=O) groups excluding carboxylic acids is 1. The van der Waals surface area contributed by atoms with Gasteiger partial charge in [0.1, 0.15) is 10.6 Å². The zero-order valence-corrected chi connectivity index (χ0v) is 16.4. The largest absolute Gasteiger partial charge is 0.495 e. The molecule has 1 aromatic rings. The van der Waals surface area contributed by atoms with Crippen LogP contribution in [0.5, 0.6) is 5.75 Å². The van der Waals surface area contributed by atoms with E-state index in [4.69, 9.17) is 4.74 Å². The van der Waals surface area contributed by atoms with Gasteiger partial charge in [-0.05, 0) is 44.5 Å². The van der Waals surface area contributed by atoms with E-state index in [0.29, 0.717) is 44.8 Å². The van der Waals surface area contributed by atoms with Crippen LogP contribution in [-0.4, -0.2) is 69.4 Å². The summed E-state index contributed by atoms with van der Waals surface area (Å²) in [4.78, 5) is 14.2. The lowest BCUT2D eigenvalue weighted by molar-refractivity contribution is -0.121.